The normalized spacial score (nSPS) is 15.9. The molecule has 0 saturated carbocycles. The summed E-state index contributed by atoms with van der Waals surface area (Å²) in [5, 5.41) is 0. The fourth-order valence-corrected chi connectivity index (χ4v) is 3.15. The largest absolute Gasteiger partial charge is 0.465 e. The number of rotatable bonds is 6. The van der Waals surface area contributed by atoms with Crippen molar-refractivity contribution in [1.82, 2.24) is 4.90 Å². The van der Waals surface area contributed by atoms with Crippen LogP contribution in [0.25, 0.3) is 6.08 Å². The lowest BCUT2D eigenvalue weighted by atomic mass is 10.1. The van der Waals surface area contributed by atoms with Crippen molar-refractivity contribution in [3.05, 3.63) is 60.2 Å². The summed E-state index contributed by atoms with van der Waals surface area (Å²) in [6, 6.07) is 13.3. The van der Waals surface area contributed by atoms with E-state index in [1.165, 1.54) is 0 Å². The first-order valence-corrected chi connectivity index (χ1v) is 9.44. The molecule has 1 aliphatic rings. The molecule has 2 heterocycles. The number of nitrogens with zero attached hydrogens (tertiary/aromatic N) is 3. The standard InChI is InChI=1S/C22H27N3O2/c1-16(2)14-24(15-17(3)4)22-23-20(13-19-11-8-12-27-19)21(26)25(22)18-9-6-5-7-10-18/h5-13,16-17H,14-15H2,1-4H3/b20-13+. The third-order valence-corrected chi connectivity index (χ3v) is 4.13. The summed E-state index contributed by atoms with van der Waals surface area (Å²) >= 11 is 0. The van der Waals surface area contributed by atoms with E-state index < -0.39 is 0 Å². The van der Waals surface area contributed by atoms with Crippen LogP contribution in [0.3, 0.4) is 0 Å². The molecule has 0 saturated heterocycles. The molecule has 2 aromatic rings. The van der Waals surface area contributed by atoms with Gasteiger partial charge in [0.25, 0.3) is 5.91 Å². The number of aliphatic imine (C=N–C) groups is 1. The van der Waals surface area contributed by atoms with Gasteiger partial charge >= 0.3 is 0 Å². The zero-order chi connectivity index (χ0) is 19.4. The van der Waals surface area contributed by atoms with Gasteiger partial charge in [-0.2, -0.15) is 0 Å². The molecule has 5 heteroatoms. The van der Waals surface area contributed by atoms with E-state index in [1.54, 1.807) is 23.3 Å². The van der Waals surface area contributed by atoms with Crippen LogP contribution in [0.1, 0.15) is 33.5 Å². The molecule has 1 aromatic carbocycles. The fourth-order valence-electron chi connectivity index (χ4n) is 3.15. The Morgan fingerprint density at radius 2 is 1.70 bits per heavy atom. The maximum atomic E-state index is 13.2. The summed E-state index contributed by atoms with van der Waals surface area (Å²) < 4.78 is 5.38. The van der Waals surface area contributed by atoms with Crippen molar-refractivity contribution in [2.75, 3.05) is 18.0 Å². The van der Waals surface area contributed by atoms with Crippen LogP contribution in [0.15, 0.2) is 63.8 Å². The molecule has 0 aliphatic carbocycles. The molecule has 0 atom stereocenters. The number of para-hydroxylation sites is 1. The maximum absolute atomic E-state index is 13.2. The van der Waals surface area contributed by atoms with E-state index in [2.05, 4.69) is 32.6 Å². The Labute approximate surface area is 161 Å². The fraction of sp³-hybridized carbons (Fsp3) is 0.364. The number of benzene rings is 1. The molecule has 142 valence electrons. The number of hydrogen-bond acceptors (Lipinski definition) is 4. The highest BCUT2D eigenvalue weighted by molar-refractivity contribution is 6.28. The van der Waals surface area contributed by atoms with Gasteiger partial charge in [0.05, 0.1) is 12.0 Å². The van der Waals surface area contributed by atoms with Gasteiger partial charge in [-0.3, -0.25) is 4.79 Å². The number of carbonyl (C=O) groups excluding carboxylic acids is 1. The average Bonchev–Trinajstić information content (AvgIpc) is 3.23. The first kappa shape index (κ1) is 19.0. The monoisotopic (exact) mass is 365 g/mol. The molecule has 1 aliphatic heterocycles. The molecule has 1 amide bonds. The predicted molar refractivity (Wildman–Crippen MR) is 109 cm³/mol. The molecule has 0 N–H and O–H groups in total. The quantitative estimate of drug-likeness (QED) is 0.701. The summed E-state index contributed by atoms with van der Waals surface area (Å²) in [6.45, 7) is 10.4. The maximum Gasteiger partial charge on any atom is 0.284 e. The van der Waals surface area contributed by atoms with Gasteiger partial charge in [-0.15, -0.1) is 0 Å². The van der Waals surface area contributed by atoms with E-state index in [9.17, 15) is 4.79 Å². The molecule has 0 bridgehead atoms. The molecule has 0 radical (unpaired) electrons. The second kappa shape index (κ2) is 8.25. The van der Waals surface area contributed by atoms with Gasteiger partial charge in [-0.1, -0.05) is 45.9 Å². The molecular formula is C22H27N3O2. The molecule has 0 unspecified atom stereocenters. The number of anilines is 1. The first-order valence-electron chi connectivity index (χ1n) is 9.44. The van der Waals surface area contributed by atoms with Gasteiger partial charge < -0.3 is 9.32 Å². The summed E-state index contributed by atoms with van der Waals surface area (Å²) in [6.07, 6.45) is 3.30. The Bertz CT molecular complexity index is 811. The highest BCUT2D eigenvalue weighted by Gasteiger charge is 2.35. The molecule has 1 aromatic heterocycles. The second-order valence-electron chi connectivity index (χ2n) is 7.63. The van der Waals surface area contributed by atoms with Crippen LogP contribution < -0.4 is 4.90 Å². The van der Waals surface area contributed by atoms with Gasteiger partial charge in [0.15, 0.2) is 0 Å². The molecule has 5 nitrogen and oxygen atoms in total. The van der Waals surface area contributed by atoms with Crippen LogP contribution in [-0.2, 0) is 4.79 Å². The van der Waals surface area contributed by atoms with Crippen molar-refractivity contribution in [2.24, 2.45) is 16.8 Å². The molecule has 0 fully saturated rings. The topological polar surface area (TPSA) is 49.1 Å². The first-order chi connectivity index (χ1) is 13.0. The van der Waals surface area contributed by atoms with E-state index in [0.29, 0.717) is 29.3 Å². The number of amides is 1. The van der Waals surface area contributed by atoms with E-state index in [4.69, 9.17) is 9.41 Å². The van der Waals surface area contributed by atoms with Crippen molar-refractivity contribution in [3.8, 4) is 0 Å². The summed E-state index contributed by atoms with van der Waals surface area (Å²) in [5.41, 5.74) is 1.21. The van der Waals surface area contributed by atoms with E-state index in [0.717, 1.165) is 18.8 Å². The Kier molecular flexibility index (Phi) is 5.79. The van der Waals surface area contributed by atoms with Crippen molar-refractivity contribution < 1.29 is 9.21 Å². The Morgan fingerprint density at radius 1 is 1.04 bits per heavy atom. The second-order valence-corrected chi connectivity index (χ2v) is 7.63. The smallest absolute Gasteiger partial charge is 0.284 e. The predicted octanol–water partition coefficient (Wildman–Crippen LogP) is 4.64. The number of guanidine groups is 1. The highest BCUT2D eigenvalue weighted by Crippen LogP contribution is 2.27. The average molecular weight is 365 g/mol. The van der Waals surface area contributed by atoms with Gasteiger partial charge in [0.1, 0.15) is 11.5 Å². The van der Waals surface area contributed by atoms with Crippen molar-refractivity contribution in [1.29, 1.82) is 0 Å². The molecule has 27 heavy (non-hydrogen) atoms. The molecule has 3 rings (SSSR count). The van der Waals surface area contributed by atoms with Gasteiger partial charge in [-0.05, 0) is 36.1 Å². The van der Waals surface area contributed by atoms with Gasteiger partial charge in [0, 0.05) is 19.2 Å². The van der Waals surface area contributed by atoms with Crippen LogP contribution in [0.2, 0.25) is 0 Å². The van der Waals surface area contributed by atoms with E-state index in [1.807, 2.05) is 36.4 Å². The number of furan rings is 1. The Morgan fingerprint density at radius 3 is 2.26 bits per heavy atom. The zero-order valence-electron chi connectivity index (χ0n) is 16.4. The van der Waals surface area contributed by atoms with Gasteiger partial charge in [0.2, 0.25) is 5.96 Å². The third kappa shape index (κ3) is 4.48. The highest BCUT2D eigenvalue weighted by atomic mass is 16.3. The lowest BCUT2D eigenvalue weighted by Gasteiger charge is -2.32. The van der Waals surface area contributed by atoms with Crippen molar-refractivity contribution in [2.45, 2.75) is 27.7 Å². The minimum Gasteiger partial charge on any atom is -0.465 e. The lowest BCUT2D eigenvalue weighted by molar-refractivity contribution is -0.113. The summed E-state index contributed by atoms with van der Waals surface area (Å²) in [5.74, 6) is 2.08. The minimum atomic E-state index is -0.134. The van der Waals surface area contributed by atoms with E-state index >= 15 is 0 Å². The summed E-state index contributed by atoms with van der Waals surface area (Å²) in [4.78, 5) is 21.8. The number of carbonyl (C=O) groups is 1. The molecule has 0 spiro atoms. The van der Waals surface area contributed by atoms with Crippen LogP contribution in [0.5, 0.6) is 0 Å². The lowest BCUT2D eigenvalue weighted by Crippen LogP contribution is -2.46. The molecular weight excluding hydrogens is 338 g/mol. The minimum absolute atomic E-state index is 0.134. The van der Waals surface area contributed by atoms with Crippen LogP contribution in [0, 0.1) is 11.8 Å². The zero-order valence-corrected chi connectivity index (χ0v) is 16.4. The van der Waals surface area contributed by atoms with Crippen LogP contribution in [-0.4, -0.2) is 29.9 Å². The Hall–Kier alpha value is -2.82. The van der Waals surface area contributed by atoms with E-state index in [-0.39, 0.29) is 5.91 Å². The number of hydrogen-bond donors (Lipinski definition) is 0. The SMILES string of the molecule is CC(C)CN(CC(C)C)C1=N/C(=C/c2ccco2)C(=O)N1c1ccccc1. The third-order valence-electron chi connectivity index (χ3n) is 4.13. The van der Waals surface area contributed by atoms with Crippen LogP contribution >= 0.6 is 0 Å². The summed E-state index contributed by atoms with van der Waals surface area (Å²) in [7, 11) is 0. The van der Waals surface area contributed by atoms with Crippen molar-refractivity contribution >= 4 is 23.6 Å². The van der Waals surface area contributed by atoms with Gasteiger partial charge in [-0.25, -0.2) is 9.89 Å². The van der Waals surface area contributed by atoms with Crippen molar-refractivity contribution in [3.63, 3.8) is 0 Å². The van der Waals surface area contributed by atoms with Crippen LogP contribution in [0.4, 0.5) is 5.69 Å². The Balaban J connectivity index is 2.04.